The molecule has 0 bridgehead atoms. The van der Waals surface area contributed by atoms with Gasteiger partial charge in [-0.25, -0.2) is 0 Å². The maximum atomic E-state index is 10.2. The predicted molar refractivity (Wildman–Crippen MR) is 72.2 cm³/mol. The number of piperidine rings is 1. The normalized spacial score (nSPS) is 27.1. The molecule has 1 aromatic rings. The lowest BCUT2D eigenvalue weighted by Gasteiger charge is -2.36. The number of aliphatic hydroxyl groups is 2. The monoisotopic (exact) mass is 249 g/mol. The Bertz CT molecular complexity index is 355. The highest BCUT2D eigenvalue weighted by molar-refractivity contribution is 5.17. The minimum atomic E-state index is -0.432. The zero-order valence-electron chi connectivity index (χ0n) is 11.0. The molecule has 3 nitrogen and oxygen atoms in total. The van der Waals surface area contributed by atoms with Crippen LogP contribution < -0.4 is 0 Å². The molecule has 3 atom stereocenters. The van der Waals surface area contributed by atoms with Crippen molar-refractivity contribution in [2.24, 2.45) is 5.92 Å². The van der Waals surface area contributed by atoms with Crippen LogP contribution in [0.1, 0.15) is 31.4 Å². The predicted octanol–water partition coefficient (Wildman–Crippen LogP) is 1.81. The molecule has 1 heterocycles. The van der Waals surface area contributed by atoms with Gasteiger partial charge >= 0.3 is 0 Å². The van der Waals surface area contributed by atoms with Crippen LogP contribution in [0, 0.1) is 5.92 Å². The Morgan fingerprint density at radius 3 is 2.72 bits per heavy atom. The molecule has 1 aliphatic heterocycles. The van der Waals surface area contributed by atoms with Crippen LogP contribution in [0.25, 0.3) is 0 Å². The number of β-amino-alcohol motifs (C(OH)–C–C–N with tert-alkyl or cyclic N) is 1. The molecule has 2 rings (SSSR count). The van der Waals surface area contributed by atoms with E-state index in [9.17, 15) is 10.2 Å². The molecule has 0 amide bonds. The molecule has 1 aliphatic rings. The Morgan fingerprint density at radius 1 is 1.33 bits per heavy atom. The Kier molecular flexibility index (Phi) is 4.75. The number of nitrogens with zero attached hydrogens (tertiary/aromatic N) is 1. The van der Waals surface area contributed by atoms with Crippen LogP contribution in [0.5, 0.6) is 0 Å². The number of benzene rings is 1. The van der Waals surface area contributed by atoms with Crippen molar-refractivity contribution in [1.29, 1.82) is 0 Å². The molecule has 0 radical (unpaired) electrons. The third-order valence-electron chi connectivity index (χ3n) is 3.92. The minimum absolute atomic E-state index is 0.167. The lowest BCUT2D eigenvalue weighted by Crippen LogP contribution is -2.44. The third-order valence-corrected chi connectivity index (χ3v) is 3.92. The molecule has 3 heteroatoms. The van der Waals surface area contributed by atoms with E-state index in [2.05, 4.69) is 11.8 Å². The maximum absolute atomic E-state index is 10.2. The summed E-state index contributed by atoms with van der Waals surface area (Å²) in [6, 6.07) is 9.78. The SMILES string of the molecule is CCC1CN(CC(O)c2ccccc2)CCC1O. The van der Waals surface area contributed by atoms with Crippen LogP contribution in [-0.2, 0) is 0 Å². The van der Waals surface area contributed by atoms with Crippen molar-refractivity contribution in [3.63, 3.8) is 0 Å². The van der Waals surface area contributed by atoms with E-state index in [0.717, 1.165) is 31.5 Å². The van der Waals surface area contributed by atoms with Crippen molar-refractivity contribution in [1.82, 2.24) is 4.90 Å². The van der Waals surface area contributed by atoms with Gasteiger partial charge in [-0.1, -0.05) is 37.3 Å². The first-order chi connectivity index (χ1) is 8.70. The summed E-state index contributed by atoms with van der Waals surface area (Å²) in [5, 5.41) is 20.0. The molecule has 1 fully saturated rings. The molecule has 3 unspecified atom stereocenters. The summed E-state index contributed by atoms with van der Waals surface area (Å²) >= 11 is 0. The van der Waals surface area contributed by atoms with Crippen molar-refractivity contribution in [2.45, 2.75) is 32.0 Å². The van der Waals surface area contributed by atoms with Crippen LogP contribution in [0.15, 0.2) is 30.3 Å². The molecular weight excluding hydrogens is 226 g/mol. The Morgan fingerprint density at radius 2 is 2.06 bits per heavy atom. The molecule has 2 N–H and O–H groups in total. The Balaban J connectivity index is 1.90. The lowest BCUT2D eigenvalue weighted by molar-refractivity contribution is 0.00673. The van der Waals surface area contributed by atoms with Crippen LogP contribution in [0.3, 0.4) is 0 Å². The lowest BCUT2D eigenvalue weighted by atomic mass is 9.92. The van der Waals surface area contributed by atoms with Gasteiger partial charge < -0.3 is 10.2 Å². The van der Waals surface area contributed by atoms with Crippen molar-refractivity contribution in [2.75, 3.05) is 19.6 Å². The quantitative estimate of drug-likeness (QED) is 0.855. The highest BCUT2D eigenvalue weighted by atomic mass is 16.3. The molecule has 0 aromatic heterocycles. The van der Waals surface area contributed by atoms with E-state index in [1.54, 1.807) is 0 Å². The van der Waals surface area contributed by atoms with E-state index >= 15 is 0 Å². The van der Waals surface area contributed by atoms with E-state index in [4.69, 9.17) is 0 Å². The number of hydrogen-bond acceptors (Lipinski definition) is 3. The first-order valence-electron chi connectivity index (χ1n) is 6.84. The van der Waals surface area contributed by atoms with E-state index in [1.807, 2.05) is 30.3 Å². The van der Waals surface area contributed by atoms with Gasteiger partial charge in [0.2, 0.25) is 0 Å². The smallest absolute Gasteiger partial charge is 0.0916 e. The third kappa shape index (κ3) is 3.31. The summed E-state index contributed by atoms with van der Waals surface area (Å²) < 4.78 is 0. The molecule has 0 saturated carbocycles. The summed E-state index contributed by atoms with van der Waals surface area (Å²) in [6.45, 7) is 4.54. The Labute approximate surface area is 109 Å². The van der Waals surface area contributed by atoms with Crippen molar-refractivity contribution < 1.29 is 10.2 Å². The molecular formula is C15H23NO2. The number of hydrogen-bond donors (Lipinski definition) is 2. The first kappa shape index (κ1) is 13.5. The van der Waals surface area contributed by atoms with Gasteiger partial charge in [-0.3, -0.25) is 4.90 Å². The van der Waals surface area contributed by atoms with Crippen LogP contribution in [-0.4, -0.2) is 40.9 Å². The molecule has 100 valence electrons. The van der Waals surface area contributed by atoms with Gasteiger partial charge in [0, 0.05) is 19.6 Å². The molecule has 1 aromatic carbocycles. The van der Waals surface area contributed by atoms with Gasteiger partial charge in [-0.05, 0) is 24.3 Å². The number of likely N-dealkylation sites (tertiary alicyclic amines) is 1. The second-order valence-electron chi connectivity index (χ2n) is 5.21. The number of rotatable bonds is 4. The highest BCUT2D eigenvalue weighted by Gasteiger charge is 2.27. The molecule has 1 saturated heterocycles. The highest BCUT2D eigenvalue weighted by Crippen LogP contribution is 2.22. The van der Waals surface area contributed by atoms with Crippen LogP contribution in [0.2, 0.25) is 0 Å². The van der Waals surface area contributed by atoms with Gasteiger partial charge in [0.05, 0.1) is 12.2 Å². The number of aliphatic hydroxyl groups excluding tert-OH is 2. The standard InChI is InChI=1S/C15H23NO2/c1-2-12-10-16(9-8-14(12)17)11-15(18)13-6-4-3-5-7-13/h3-7,12,14-15,17-18H,2,8-11H2,1H3. The van der Waals surface area contributed by atoms with Gasteiger partial charge in [0.25, 0.3) is 0 Å². The van der Waals surface area contributed by atoms with Crippen molar-refractivity contribution >= 4 is 0 Å². The van der Waals surface area contributed by atoms with Gasteiger partial charge in [-0.2, -0.15) is 0 Å². The molecule has 18 heavy (non-hydrogen) atoms. The summed E-state index contributed by atoms with van der Waals surface area (Å²) in [4.78, 5) is 2.26. The van der Waals surface area contributed by atoms with Gasteiger partial charge in [0.1, 0.15) is 0 Å². The largest absolute Gasteiger partial charge is 0.393 e. The van der Waals surface area contributed by atoms with Crippen LogP contribution >= 0.6 is 0 Å². The fourth-order valence-electron chi connectivity index (χ4n) is 2.69. The van der Waals surface area contributed by atoms with Crippen molar-refractivity contribution in [3.05, 3.63) is 35.9 Å². The summed E-state index contributed by atoms with van der Waals surface area (Å²) in [5.41, 5.74) is 0.969. The van der Waals surface area contributed by atoms with Crippen LogP contribution in [0.4, 0.5) is 0 Å². The average Bonchev–Trinajstić information content (AvgIpc) is 2.42. The van der Waals surface area contributed by atoms with Gasteiger partial charge in [-0.15, -0.1) is 0 Å². The van der Waals surface area contributed by atoms with E-state index in [0.29, 0.717) is 12.5 Å². The Hall–Kier alpha value is -0.900. The summed E-state index contributed by atoms with van der Waals surface area (Å²) in [7, 11) is 0. The fourth-order valence-corrected chi connectivity index (χ4v) is 2.69. The maximum Gasteiger partial charge on any atom is 0.0916 e. The van der Waals surface area contributed by atoms with E-state index in [1.165, 1.54) is 0 Å². The second kappa shape index (κ2) is 6.32. The average molecular weight is 249 g/mol. The summed E-state index contributed by atoms with van der Waals surface area (Å²) in [6.07, 6.45) is 1.22. The van der Waals surface area contributed by atoms with E-state index in [-0.39, 0.29) is 6.10 Å². The van der Waals surface area contributed by atoms with Gasteiger partial charge in [0.15, 0.2) is 0 Å². The van der Waals surface area contributed by atoms with E-state index < -0.39 is 6.10 Å². The zero-order chi connectivity index (χ0) is 13.0. The minimum Gasteiger partial charge on any atom is -0.393 e. The van der Waals surface area contributed by atoms with Crippen molar-refractivity contribution in [3.8, 4) is 0 Å². The summed E-state index contributed by atoms with van der Waals surface area (Å²) in [5.74, 6) is 0.349. The zero-order valence-corrected chi connectivity index (χ0v) is 11.0. The fraction of sp³-hybridized carbons (Fsp3) is 0.600. The molecule has 0 spiro atoms. The molecule has 0 aliphatic carbocycles. The topological polar surface area (TPSA) is 43.7 Å². The second-order valence-corrected chi connectivity index (χ2v) is 5.21. The first-order valence-corrected chi connectivity index (χ1v) is 6.84.